The zero-order chi connectivity index (χ0) is 16.2. The van der Waals surface area contributed by atoms with Crippen LogP contribution in [0.2, 0.25) is 0 Å². The van der Waals surface area contributed by atoms with E-state index in [0.717, 1.165) is 0 Å². The first-order valence-electron chi connectivity index (χ1n) is 7.87. The van der Waals surface area contributed by atoms with Crippen molar-refractivity contribution in [3.05, 3.63) is 96.4 Å². The zero-order valence-electron chi connectivity index (χ0n) is 13.1. The molecule has 0 saturated heterocycles. The lowest BCUT2D eigenvalue weighted by atomic mass is 10.0. The van der Waals surface area contributed by atoms with Crippen LogP contribution in [0.5, 0.6) is 0 Å². The number of rotatable bonds is 4. The highest BCUT2D eigenvalue weighted by Crippen LogP contribution is 2.46. The number of hydrogen-bond donors (Lipinski definition) is 0. The van der Waals surface area contributed by atoms with Gasteiger partial charge in [0.25, 0.3) is 0 Å². The van der Waals surface area contributed by atoms with Gasteiger partial charge in [-0.3, -0.25) is 0 Å². The van der Waals surface area contributed by atoms with Crippen molar-refractivity contribution in [3.8, 4) is 21.6 Å². The van der Waals surface area contributed by atoms with Crippen LogP contribution in [0.4, 0.5) is 0 Å². The minimum Gasteiger partial charge on any atom is -0.142 e. The fourth-order valence-electron chi connectivity index (χ4n) is 2.71. The van der Waals surface area contributed by atoms with E-state index in [2.05, 4.69) is 96.4 Å². The van der Waals surface area contributed by atoms with Crippen molar-refractivity contribution >= 4 is 23.1 Å². The first-order valence-corrected chi connectivity index (χ1v) is 9.56. The van der Waals surface area contributed by atoms with E-state index in [4.69, 9.17) is 0 Å². The van der Waals surface area contributed by atoms with Crippen molar-refractivity contribution in [1.29, 1.82) is 0 Å². The molecule has 0 aliphatic heterocycles. The first kappa shape index (κ1) is 15.3. The highest BCUT2D eigenvalue weighted by Gasteiger charge is 2.16. The van der Waals surface area contributed by atoms with Gasteiger partial charge < -0.3 is 0 Å². The maximum atomic E-state index is 2.28. The van der Waals surface area contributed by atoms with Crippen LogP contribution in [-0.2, 0) is 0 Å². The van der Waals surface area contributed by atoms with Crippen LogP contribution in [0.1, 0.15) is 0 Å². The Kier molecular flexibility index (Phi) is 4.50. The molecule has 0 saturated carbocycles. The average molecular weight is 345 g/mol. The van der Waals surface area contributed by atoms with Gasteiger partial charge >= 0.3 is 0 Å². The van der Waals surface area contributed by atoms with Crippen LogP contribution < -0.4 is 0 Å². The fraction of sp³-hybridized carbons (Fsp3) is 0. The third-order valence-corrected chi connectivity index (χ3v) is 6.05. The molecule has 0 fully saturated rings. The molecule has 0 spiro atoms. The maximum absolute atomic E-state index is 2.28. The molecule has 0 aliphatic carbocycles. The molecule has 0 radical (unpaired) electrons. The lowest BCUT2D eigenvalue weighted by Crippen LogP contribution is -1.82. The highest BCUT2D eigenvalue weighted by molar-refractivity contribution is 7.99. The summed E-state index contributed by atoms with van der Waals surface area (Å²) in [6.45, 7) is 0. The Morgan fingerprint density at radius 2 is 1.12 bits per heavy atom. The molecule has 0 bridgehead atoms. The molecule has 0 aliphatic rings. The molecule has 116 valence electrons. The van der Waals surface area contributed by atoms with E-state index in [9.17, 15) is 0 Å². The third-order valence-electron chi connectivity index (χ3n) is 3.83. The molecule has 0 N–H and O–H groups in total. The molecule has 0 unspecified atom stereocenters. The molecule has 2 heteroatoms. The fourth-order valence-corrected chi connectivity index (χ4v) is 4.94. The average Bonchev–Trinajstić information content (AvgIpc) is 3.07. The molecule has 4 aromatic rings. The Balaban J connectivity index is 1.84. The first-order chi connectivity index (χ1) is 11.9. The second-order valence-corrected chi connectivity index (χ2v) is 7.45. The number of benzene rings is 3. The van der Waals surface area contributed by atoms with Gasteiger partial charge in [-0.05, 0) is 23.3 Å². The summed E-state index contributed by atoms with van der Waals surface area (Å²) >= 11 is 3.66. The van der Waals surface area contributed by atoms with Gasteiger partial charge in [-0.2, -0.15) is 0 Å². The van der Waals surface area contributed by atoms with Crippen LogP contribution in [0.25, 0.3) is 21.6 Å². The molecule has 24 heavy (non-hydrogen) atoms. The largest absolute Gasteiger partial charge is 0.142 e. The van der Waals surface area contributed by atoms with Gasteiger partial charge in [-0.25, -0.2) is 0 Å². The van der Waals surface area contributed by atoms with E-state index in [0.29, 0.717) is 0 Å². The summed E-state index contributed by atoms with van der Waals surface area (Å²) in [6.07, 6.45) is 0. The lowest BCUT2D eigenvalue weighted by molar-refractivity contribution is 1.44. The van der Waals surface area contributed by atoms with Crippen molar-refractivity contribution in [2.75, 3.05) is 0 Å². The van der Waals surface area contributed by atoms with E-state index in [-0.39, 0.29) is 0 Å². The predicted molar refractivity (Wildman–Crippen MR) is 106 cm³/mol. The van der Waals surface area contributed by atoms with Crippen LogP contribution >= 0.6 is 23.1 Å². The molecular formula is C22H16S2. The quantitative estimate of drug-likeness (QED) is 0.376. The van der Waals surface area contributed by atoms with Crippen molar-refractivity contribution in [3.63, 3.8) is 0 Å². The van der Waals surface area contributed by atoms with Gasteiger partial charge in [0.1, 0.15) is 0 Å². The molecule has 0 amide bonds. The van der Waals surface area contributed by atoms with Gasteiger partial charge in [0, 0.05) is 25.6 Å². The Morgan fingerprint density at radius 1 is 0.583 bits per heavy atom. The summed E-state index contributed by atoms with van der Waals surface area (Å²) in [7, 11) is 0. The number of thiophene rings is 1. The third kappa shape index (κ3) is 3.16. The summed E-state index contributed by atoms with van der Waals surface area (Å²) < 4.78 is 0. The van der Waals surface area contributed by atoms with Crippen LogP contribution in [-0.4, -0.2) is 0 Å². The molecular weight excluding hydrogens is 328 g/mol. The SMILES string of the molecule is c1ccc(Sc2csc(-c3ccccc3)c2-c2ccccc2)cc1. The van der Waals surface area contributed by atoms with E-state index >= 15 is 0 Å². The normalized spacial score (nSPS) is 10.7. The summed E-state index contributed by atoms with van der Waals surface area (Å²) in [5.74, 6) is 0. The summed E-state index contributed by atoms with van der Waals surface area (Å²) in [4.78, 5) is 3.92. The van der Waals surface area contributed by atoms with Crippen molar-refractivity contribution in [2.45, 2.75) is 9.79 Å². The Bertz CT molecular complexity index is 910. The smallest absolute Gasteiger partial charge is 0.0432 e. The molecule has 3 aromatic carbocycles. The van der Waals surface area contributed by atoms with E-state index in [1.807, 2.05) is 23.1 Å². The lowest BCUT2D eigenvalue weighted by Gasteiger charge is -2.08. The topological polar surface area (TPSA) is 0 Å². The second-order valence-electron chi connectivity index (χ2n) is 5.45. The van der Waals surface area contributed by atoms with Gasteiger partial charge in [0.2, 0.25) is 0 Å². The minimum atomic E-state index is 1.27. The molecule has 0 atom stereocenters. The monoisotopic (exact) mass is 344 g/mol. The Hall–Kier alpha value is -2.29. The number of hydrogen-bond acceptors (Lipinski definition) is 2. The van der Waals surface area contributed by atoms with Crippen molar-refractivity contribution < 1.29 is 0 Å². The predicted octanol–water partition coefficient (Wildman–Crippen LogP) is 7.23. The molecule has 1 aromatic heterocycles. The standard InChI is InChI=1S/C22H16S2/c1-4-10-17(11-5-1)21-20(24-19-14-8-3-9-15-19)16-23-22(21)18-12-6-2-7-13-18/h1-16H. The van der Waals surface area contributed by atoms with Crippen LogP contribution in [0.15, 0.2) is 106 Å². The van der Waals surface area contributed by atoms with E-state index in [1.165, 1.54) is 31.4 Å². The second kappa shape index (κ2) is 7.08. The Morgan fingerprint density at radius 3 is 1.75 bits per heavy atom. The summed E-state index contributed by atoms with van der Waals surface area (Å²) in [5, 5.41) is 2.28. The van der Waals surface area contributed by atoms with Gasteiger partial charge in [0.05, 0.1) is 0 Å². The highest BCUT2D eigenvalue weighted by atomic mass is 32.2. The van der Waals surface area contributed by atoms with Crippen LogP contribution in [0.3, 0.4) is 0 Å². The van der Waals surface area contributed by atoms with Gasteiger partial charge in [-0.1, -0.05) is 90.6 Å². The molecule has 1 heterocycles. The Labute approximate surface area is 150 Å². The minimum absolute atomic E-state index is 1.27. The van der Waals surface area contributed by atoms with E-state index in [1.54, 1.807) is 0 Å². The summed E-state index contributed by atoms with van der Waals surface area (Å²) in [5.41, 5.74) is 3.89. The zero-order valence-corrected chi connectivity index (χ0v) is 14.7. The van der Waals surface area contributed by atoms with Crippen molar-refractivity contribution in [1.82, 2.24) is 0 Å². The summed E-state index contributed by atoms with van der Waals surface area (Å²) in [6, 6.07) is 31.9. The van der Waals surface area contributed by atoms with E-state index < -0.39 is 0 Å². The van der Waals surface area contributed by atoms with Gasteiger partial charge in [0.15, 0.2) is 0 Å². The van der Waals surface area contributed by atoms with Crippen LogP contribution in [0, 0.1) is 0 Å². The van der Waals surface area contributed by atoms with Gasteiger partial charge in [-0.15, -0.1) is 11.3 Å². The molecule has 0 nitrogen and oxygen atoms in total. The maximum Gasteiger partial charge on any atom is 0.0432 e. The van der Waals surface area contributed by atoms with Crippen molar-refractivity contribution in [2.24, 2.45) is 0 Å². The molecule has 4 rings (SSSR count).